The molecule has 76 valence electrons. The Labute approximate surface area is 83.8 Å². The van der Waals surface area contributed by atoms with Crippen molar-refractivity contribution in [2.45, 2.75) is 19.8 Å². The Morgan fingerprint density at radius 3 is 3.21 bits per heavy atom. The highest BCUT2D eigenvalue weighted by Crippen LogP contribution is 2.57. The molecule has 1 spiro atoms. The Balaban J connectivity index is 1.85. The highest BCUT2D eigenvalue weighted by atomic mass is 16.5. The Morgan fingerprint density at radius 2 is 2.57 bits per heavy atom. The predicted molar refractivity (Wildman–Crippen MR) is 50.4 cm³/mol. The molecule has 1 aliphatic carbocycles. The quantitative estimate of drug-likeness (QED) is 0.354. The van der Waals surface area contributed by atoms with Gasteiger partial charge in [0.2, 0.25) is 0 Å². The molecule has 0 aromatic rings. The number of carbonyl (C=O) groups excluding carboxylic acids is 1. The maximum Gasteiger partial charge on any atom is 0.384 e. The van der Waals surface area contributed by atoms with E-state index < -0.39 is 5.97 Å². The average Bonchev–Trinajstić information content (AvgIpc) is 2.58. The number of hydrogen-bond acceptors (Lipinski definition) is 3. The van der Waals surface area contributed by atoms with Crippen LogP contribution in [0.15, 0.2) is 0 Å². The van der Waals surface area contributed by atoms with Crippen molar-refractivity contribution in [1.29, 1.82) is 0 Å². The molecule has 2 aliphatic rings. The van der Waals surface area contributed by atoms with Gasteiger partial charge in [-0.3, -0.25) is 0 Å². The van der Waals surface area contributed by atoms with Gasteiger partial charge in [-0.1, -0.05) is 5.92 Å². The molecule has 2 fully saturated rings. The van der Waals surface area contributed by atoms with E-state index >= 15 is 0 Å². The Kier molecular flexibility index (Phi) is 2.47. The average molecular weight is 194 g/mol. The third-order valence-corrected chi connectivity index (χ3v) is 2.95. The zero-order valence-corrected chi connectivity index (χ0v) is 8.34. The summed E-state index contributed by atoms with van der Waals surface area (Å²) in [5.74, 6) is 5.45. The monoisotopic (exact) mass is 194 g/mol. The van der Waals surface area contributed by atoms with Crippen LogP contribution >= 0.6 is 0 Å². The van der Waals surface area contributed by atoms with Crippen LogP contribution in [-0.2, 0) is 14.3 Å². The van der Waals surface area contributed by atoms with Gasteiger partial charge in [0.1, 0.15) is 0 Å². The summed E-state index contributed by atoms with van der Waals surface area (Å²) >= 11 is 0. The topological polar surface area (TPSA) is 35.5 Å². The van der Waals surface area contributed by atoms with Crippen LogP contribution in [0.1, 0.15) is 19.8 Å². The minimum absolute atomic E-state index is 0.291. The minimum Gasteiger partial charge on any atom is -0.456 e. The van der Waals surface area contributed by atoms with Gasteiger partial charge in [0.25, 0.3) is 0 Å². The fraction of sp³-hybridized carbons (Fsp3) is 0.727. The second kappa shape index (κ2) is 3.62. The summed E-state index contributed by atoms with van der Waals surface area (Å²) in [5, 5.41) is 0. The molecule has 0 radical (unpaired) electrons. The first-order chi connectivity index (χ1) is 6.77. The summed E-state index contributed by atoms with van der Waals surface area (Å²) in [6, 6.07) is 0. The highest BCUT2D eigenvalue weighted by molar-refractivity contribution is 5.88. The maximum atomic E-state index is 11.0. The molecule has 2 rings (SSSR count). The molecular weight excluding hydrogens is 180 g/mol. The van der Waals surface area contributed by atoms with Gasteiger partial charge in [-0.2, -0.15) is 0 Å². The SMILES string of the molecule is CCOC(=O)C#CC1CC12CCOC2. The van der Waals surface area contributed by atoms with E-state index in [9.17, 15) is 4.79 Å². The van der Waals surface area contributed by atoms with Gasteiger partial charge < -0.3 is 9.47 Å². The maximum absolute atomic E-state index is 11.0. The third kappa shape index (κ3) is 1.76. The van der Waals surface area contributed by atoms with Crippen LogP contribution in [0.3, 0.4) is 0 Å². The fourth-order valence-corrected chi connectivity index (χ4v) is 1.92. The van der Waals surface area contributed by atoms with E-state index in [1.165, 1.54) is 0 Å². The molecule has 3 heteroatoms. The highest BCUT2D eigenvalue weighted by Gasteiger charge is 2.55. The summed E-state index contributed by atoms with van der Waals surface area (Å²) < 4.78 is 10.1. The summed E-state index contributed by atoms with van der Waals surface area (Å²) in [5.41, 5.74) is 0.291. The molecule has 1 saturated carbocycles. The summed E-state index contributed by atoms with van der Waals surface area (Å²) in [6.45, 7) is 3.84. The molecule has 1 saturated heterocycles. The van der Waals surface area contributed by atoms with Crippen molar-refractivity contribution in [3.8, 4) is 11.8 Å². The molecule has 3 nitrogen and oxygen atoms in total. The number of carbonyl (C=O) groups is 1. The molecular formula is C11H14O3. The molecule has 0 amide bonds. The van der Waals surface area contributed by atoms with Crippen molar-refractivity contribution in [3.63, 3.8) is 0 Å². The van der Waals surface area contributed by atoms with Crippen LogP contribution in [0, 0.1) is 23.2 Å². The first-order valence-corrected chi connectivity index (χ1v) is 5.03. The molecule has 2 unspecified atom stereocenters. The lowest BCUT2D eigenvalue weighted by atomic mass is 10.0. The van der Waals surface area contributed by atoms with E-state index in [2.05, 4.69) is 11.8 Å². The van der Waals surface area contributed by atoms with Gasteiger partial charge >= 0.3 is 5.97 Å². The van der Waals surface area contributed by atoms with E-state index in [0.717, 1.165) is 26.1 Å². The molecule has 0 N–H and O–H groups in total. The van der Waals surface area contributed by atoms with E-state index in [1.807, 2.05) is 0 Å². The number of rotatable bonds is 1. The van der Waals surface area contributed by atoms with Gasteiger partial charge in [0, 0.05) is 23.9 Å². The van der Waals surface area contributed by atoms with Gasteiger partial charge in [0.05, 0.1) is 13.2 Å². The van der Waals surface area contributed by atoms with Crippen molar-refractivity contribution in [3.05, 3.63) is 0 Å². The van der Waals surface area contributed by atoms with Gasteiger partial charge in [-0.25, -0.2) is 4.79 Å². The normalized spacial score (nSPS) is 33.6. The number of hydrogen-bond donors (Lipinski definition) is 0. The van der Waals surface area contributed by atoms with Crippen LogP contribution in [0.5, 0.6) is 0 Å². The van der Waals surface area contributed by atoms with Gasteiger partial charge in [-0.05, 0) is 19.8 Å². The lowest BCUT2D eigenvalue weighted by molar-refractivity contribution is -0.136. The molecule has 1 aliphatic heterocycles. The van der Waals surface area contributed by atoms with E-state index in [0.29, 0.717) is 17.9 Å². The number of esters is 1. The van der Waals surface area contributed by atoms with Crippen LogP contribution in [0.4, 0.5) is 0 Å². The summed E-state index contributed by atoms with van der Waals surface area (Å²) in [4.78, 5) is 11.0. The fourth-order valence-electron chi connectivity index (χ4n) is 1.92. The van der Waals surface area contributed by atoms with E-state index in [4.69, 9.17) is 9.47 Å². The van der Waals surface area contributed by atoms with E-state index in [1.54, 1.807) is 6.92 Å². The molecule has 14 heavy (non-hydrogen) atoms. The molecule has 2 atom stereocenters. The zero-order valence-electron chi connectivity index (χ0n) is 8.34. The second-order valence-electron chi connectivity index (χ2n) is 3.91. The number of ether oxygens (including phenoxy) is 2. The van der Waals surface area contributed by atoms with Gasteiger partial charge in [-0.15, -0.1) is 0 Å². The largest absolute Gasteiger partial charge is 0.456 e. The Hall–Kier alpha value is -1.01. The van der Waals surface area contributed by atoms with Crippen molar-refractivity contribution < 1.29 is 14.3 Å². The summed E-state index contributed by atoms with van der Waals surface area (Å²) in [7, 11) is 0. The van der Waals surface area contributed by atoms with Crippen LogP contribution < -0.4 is 0 Å². The molecule has 1 heterocycles. The van der Waals surface area contributed by atoms with E-state index in [-0.39, 0.29) is 0 Å². The smallest absolute Gasteiger partial charge is 0.384 e. The van der Waals surface area contributed by atoms with Crippen LogP contribution in [-0.4, -0.2) is 25.8 Å². The standard InChI is InChI=1S/C11H14O3/c1-2-14-10(12)4-3-9-7-11(9)5-6-13-8-11/h9H,2,5-8H2,1H3. The first-order valence-electron chi connectivity index (χ1n) is 5.03. The van der Waals surface area contributed by atoms with Crippen molar-refractivity contribution in [2.24, 2.45) is 11.3 Å². The predicted octanol–water partition coefficient (Wildman–Crippen LogP) is 0.980. The second-order valence-corrected chi connectivity index (χ2v) is 3.91. The van der Waals surface area contributed by atoms with Gasteiger partial charge in [0.15, 0.2) is 0 Å². The third-order valence-electron chi connectivity index (χ3n) is 2.95. The van der Waals surface area contributed by atoms with Crippen molar-refractivity contribution in [1.82, 2.24) is 0 Å². The van der Waals surface area contributed by atoms with Crippen LogP contribution in [0.2, 0.25) is 0 Å². The zero-order chi connectivity index (χ0) is 10.0. The molecule has 0 bridgehead atoms. The molecule has 0 aromatic carbocycles. The Morgan fingerprint density at radius 1 is 1.71 bits per heavy atom. The minimum atomic E-state index is -0.409. The van der Waals surface area contributed by atoms with Crippen molar-refractivity contribution in [2.75, 3.05) is 19.8 Å². The first kappa shape index (κ1) is 9.54. The van der Waals surface area contributed by atoms with Crippen LogP contribution in [0.25, 0.3) is 0 Å². The lowest BCUT2D eigenvalue weighted by Gasteiger charge is -1.99. The lowest BCUT2D eigenvalue weighted by Crippen LogP contribution is -2.03. The van der Waals surface area contributed by atoms with Crippen molar-refractivity contribution >= 4 is 5.97 Å². The Bertz CT molecular complexity index is 291. The molecule has 0 aromatic heterocycles. The summed E-state index contributed by atoms with van der Waals surface area (Å²) in [6.07, 6.45) is 2.18.